The number of hydrogen-bond donors (Lipinski definition) is 2. The van der Waals surface area contributed by atoms with Crippen molar-refractivity contribution in [3.63, 3.8) is 0 Å². The summed E-state index contributed by atoms with van der Waals surface area (Å²) < 4.78 is 0. The fraction of sp³-hybridized carbons (Fsp3) is 0.500. The standard InChI is InChI=1S/C14H20N2OS/c1-15-14(17)9-11-4-6-12(7-5-11)16-13-3-2-8-18-10-13/h4-7,13,16H,2-3,8-10H2,1H3,(H,15,17). The highest BCUT2D eigenvalue weighted by molar-refractivity contribution is 7.99. The molecule has 3 nitrogen and oxygen atoms in total. The lowest BCUT2D eigenvalue weighted by molar-refractivity contribution is -0.119. The van der Waals surface area contributed by atoms with Gasteiger partial charge in [0.25, 0.3) is 0 Å². The molecule has 1 aliphatic heterocycles. The summed E-state index contributed by atoms with van der Waals surface area (Å²) >= 11 is 2.02. The van der Waals surface area contributed by atoms with Gasteiger partial charge in [0.15, 0.2) is 0 Å². The third-order valence-corrected chi connectivity index (χ3v) is 4.34. The zero-order valence-corrected chi connectivity index (χ0v) is 11.6. The first kappa shape index (κ1) is 13.3. The predicted molar refractivity (Wildman–Crippen MR) is 78.2 cm³/mol. The first-order valence-electron chi connectivity index (χ1n) is 6.42. The van der Waals surface area contributed by atoms with Gasteiger partial charge in [0, 0.05) is 24.5 Å². The highest BCUT2D eigenvalue weighted by Gasteiger charge is 2.13. The number of rotatable bonds is 4. The highest BCUT2D eigenvalue weighted by Crippen LogP contribution is 2.21. The largest absolute Gasteiger partial charge is 0.381 e. The molecule has 1 heterocycles. The second-order valence-corrected chi connectivity index (χ2v) is 5.76. The molecule has 18 heavy (non-hydrogen) atoms. The molecular weight excluding hydrogens is 244 g/mol. The van der Waals surface area contributed by atoms with Crippen LogP contribution in [0.4, 0.5) is 5.69 Å². The van der Waals surface area contributed by atoms with Crippen LogP contribution in [0.3, 0.4) is 0 Å². The number of nitrogens with one attached hydrogen (secondary N) is 2. The van der Waals surface area contributed by atoms with Gasteiger partial charge >= 0.3 is 0 Å². The van der Waals surface area contributed by atoms with Gasteiger partial charge in [-0.1, -0.05) is 12.1 Å². The topological polar surface area (TPSA) is 41.1 Å². The zero-order chi connectivity index (χ0) is 12.8. The Morgan fingerprint density at radius 2 is 2.17 bits per heavy atom. The van der Waals surface area contributed by atoms with E-state index < -0.39 is 0 Å². The molecule has 1 unspecified atom stereocenters. The van der Waals surface area contributed by atoms with Gasteiger partial charge in [0.2, 0.25) is 5.91 Å². The number of anilines is 1. The van der Waals surface area contributed by atoms with E-state index in [4.69, 9.17) is 0 Å². The fourth-order valence-electron chi connectivity index (χ4n) is 2.08. The molecule has 98 valence electrons. The van der Waals surface area contributed by atoms with Gasteiger partial charge in [-0.2, -0.15) is 11.8 Å². The molecule has 0 bridgehead atoms. The quantitative estimate of drug-likeness (QED) is 0.876. The summed E-state index contributed by atoms with van der Waals surface area (Å²) in [7, 11) is 1.67. The third kappa shape index (κ3) is 3.95. The average Bonchev–Trinajstić information content (AvgIpc) is 2.42. The number of thioether (sulfide) groups is 1. The highest BCUT2D eigenvalue weighted by atomic mass is 32.2. The molecule has 1 aromatic rings. The summed E-state index contributed by atoms with van der Waals surface area (Å²) in [6, 6.07) is 8.77. The zero-order valence-electron chi connectivity index (χ0n) is 10.7. The van der Waals surface area contributed by atoms with Crippen molar-refractivity contribution in [1.82, 2.24) is 5.32 Å². The molecule has 0 aliphatic carbocycles. The van der Waals surface area contributed by atoms with E-state index >= 15 is 0 Å². The van der Waals surface area contributed by atoms with Gasteiger partial charge < -0.3 is 10.6 Å². The molecular formula is C14H20N2OS. The first-order valence-corrected chi connectivity index (χ1v) is 7.57. The number of benzene rings is 1. The lowest BCUT2D eigenvalue weighted by Crippen LogP contribution is -2.25. The van der Waals surface area contributed by atoms with Crippen molar-refractivity contribution in [2.45, 2.75) is 25.3 Å². The van der Waals surface area contributed by atoms with Gasteiger partial charge in [-0.3, -0.25) is 4.79 Å². The van der Waals surface area contributed by atoms with Crippen LogP contribution in [0.1, 0.15) is 18.4 Å². The Kier molecular flexibility index (Phi) is 4.93. The van der Waals surface area contributed by atoms with Crippen LogP contribution in [-0.4, -0.2) is 30.5 Å². The normalized spacial score (nSPS) is 19.3. The summed E-state index contributed by atoms with van der Waals surface area (Å²) in [5, 5.41) is 6.19. The number of amides is 1. The van der Waals surface area contributed by atoms with Gasteiger partial charge in [-0.15, -0.1) is 0 Å². The lowest BCUT2D eigenvalue weighted by Gasteiger charge is -2.23. The molecule has 1 saturated heterocycles. The number of hydrogen-bond acceptors (Lipinski definition) is 3. The summed E-state index contributed by atoms with van der Waals surface area (Å²) in [4.78, 5) is 11.3. The second kappa shape index (κ2) is 6.69. The minimum atomic E-state index is 0.0550. The SMILES string of the molecule is CNC(=O)Cc1ccc(NC2CCCSC2)cc1. The van der Waals surface area contributed by atoms with Gasteiger partial charge in [-0.05, 0) is 36.3 Å². The Bertz CT molecular complexity index is 385. The summed E-state index contributed by atoms with van der Waals surface area (Å²) in [5.41, 5.74) is 2.21. The van der Waals surface area contributed by atoms with Gasteiger partial charge in [0.05, 0.1) is 6.42 Å². The van der Waals surface area contributed by atoms with E-state index in [2.05, 4.69) is 22.8 Å². The van der Waals surface area contributed by atoms with Gasteiger partial charge in [0.1, 0.15) is 0 Å². The number of likely N-dealkylation sites (N-methyl/N-ethyl adjacent to an activating group) is 1. The van der Waals surface area contributed by atoms with E-state index in [1.165, 1.54) is 24.3 Å². The molecule has 0 spiro atoms. The maximum absolute atomic E-state index is 11.3. The second-order valence-electron chi connectivity index (χ2n) is 4.61. The molecule has 0 saturated carbocycles. The molecule has 1 aromatic carbocycles. The molecule has 0 aromatic heterocycles. The van der Waals surface area contributed by atoms with Crippen LogP contribution in [-0.2, 0) is 11.2 Å². The molecule has 1 fully saturated rings. The van der Waals surface area contributed by atoms with Crippen molar-refractivity contribution >= 4 is 23.4 Å². The van der Waals surface area contributed by atoms with Crippen molar-refractivity contribution in [1.29, 1.82) is 0 Å². The van der Waals surface area contributed by atoms with E-state index in [-0.39, 0.29) is 5.91 Å². The molecule has 1 aliphatic rings. The van der Waals surface area contributed by atoms with E-state index in [9.17, 15) is 4.79 Å². The molecule has 1 atom stereocenters. The smallest absolute Gasteiger partial charge is 0.224 e. The van der Waals surface area contributed by atoms with Crippen LogP contribution < -0.4 is 10.6 Å². The van der Waals surface area contributed by atoms with E-state index in [0.717, 1.165) is 11.3 Å². The Hall–Kier alpha value is -1.16. The van der Waals surface area contributed by atoms with Crippen molar-refractivity contribution in [3.8, 4) is 0 Å². The monoisotopic (exact) mass is 264 g/mol. The maximum Gasteiger partial charge on any atom is 0.224 e. The first-order chi connectivity index (χ1) is 8.78. The maximum atomic E-state index is 11.3. The molecule has 2 N–H and O–H groups in total. The molecule has 2 rings (SSSR count). The summed E-state index contributed by atoms with van der Waals surface area (Å²) in [6.45, 7) is 0. The molecule has 4 heteroatoms. The van der Waals surface area contributed by atoms with Crippen LogP contribution in [0.2, 0.25) is 0 Å². The number of carbonyl (C=O) groups is 1. The summed E-state index contributed by atoms with van der Waals surface area (Å²) in [6.07, 6.45) is 3.01. The molecule has 0 radical (unpaired) electrons. The Balaban J connectivity index is 1.88. The summed E-state index contributed by atoms with van der Waals surface area (Å²) in [5.74, 6) is 2.54. The Morgan fingerprint density at radius 1 is 1.39 bits per heavy atom. The minimum absolute atomic E-state index is 0.0550. The number of carbonyl (C=O) groups excluding carboxylic acids is 1. The van der Waals surface area contributed by atoms with Crippen molar-refractivity contribution < 1.29 is 4.79 Å². The van der Waals surface area contributed by atoms with Crippen LogP contribution in [0.25, 0.3) is 0 Å². The van der Waals surface area contributed by atoms with Crippen molar-refractivity contribution in [2.75, 3.05) is 23.9 Å². The van der Waals surface area contributed by atoms with E-state index in [1.807, 2.05) is 23.9 Å². The Morgan fingerprint density at radius 3 is 2.78 bits per heavy atom. The van der Waals surface area contributed by atoms with Crippen LogP contribution in [0.15, 0.2) is 24.3 Å². The Labute approximate surface area is 113 Å². The third-order valence-electron chi connectivity index (χ3n) is 3.13. The average molecular weight is 264 g/mol. The molecule has 1 amide bonds. The van der Waals surface area contributed by atoms with E-state index in [0.29, 0.717) is 12.5 Å². The van der Waals surface area contributed by atoms with Crippen molar-refractivity contribution in [2.24, 2.45) is 0 Å². The predicted octanol–water partition coefficient (Wildman–Crippen LogP) is 2.28. The van der Waals surface area contributed by atoms with E-state index in [1.54, 1.807) is 7.05 Å². The van der Waals surface area contributed by atoms with Crippen LogP contribution in [0, 0.1) is 0 Å². The van der Waals surface area contributed by atoms with Crippen LogP contribution >= 0.6 is 11.8 Å². The van der Waals surface area contributed by atoms with Gasteiger partial charge in [-0.25, -0.2) is 0 Å². The minimum Gasteiger partial charge on any atom is -0.381 e. The fourth-order valence-corrected chi connectivity index (χ4v) is 3.15. The van der Waals surface area contributed by atoms with Crippen LogP contribution in [0.5, 0.6) is 0 Å². The lowest BCUT2D eigenvalue weighted by atomic mass is 10.1. The van der Waals surface area contributed by atoms with Crippen molar-refractivity contribution in [3.05, 3.63) is 29.8 Å².